The summed E-state index contributed by atoms with van der Waals surface area (Å²) in [6.07, 6.45) is 0.0562. The van der Waals surface area contributed by atoms with E-state index in [1.165, 1.54) is 22.5 Å². The fraction of sp³-hybridized carbons (Fsp3) is 0.333. The van der Waals surface area contributed by atoms with Crippen LogP contribution in [0.15, 0.2) is 24.3 Å². The average molecular weight is 291 g/mol. The molecule has 4 nitrogen and oxygen atoms in total. The number of thiazole rings is 1. The van der Waals surface area contributed by atoms with Gasteiger partial charge < -0.3 is 9.47 Å². The van der Waals surface area contributed by atoms with Crippen molar-refractivity contribution in [3.8, 4) is 5.06 Å². The minimum atomic E-state index is -0.679. The second-order valence-corrected chi connectivity index (χ2v) is 5.48. The highest BCUT2D eigenvalue weighted by atomic mass is 32.1. The van der Waals surface area contributed by atoms with Crippen molar-refractivity contribution in [2.75, 3.05) is 6.61 Å². The van der Waals surface area contributed by atoms with Gasteiger partial charge in [-0.2, -0.15) is 0 Å². The van der Waals surface area contributed by atoms with Crippen molar-refractivity contribution in [2.24, 2.45) is 0 Å². The molecule has 1 aromatic carbocycles. The second-order valence-electron chi connectivity index (χ2n) is 4.43. The molecule has 0 fully saturated rings. The lowest BCUT2D eigenvalue weighted by atomic mass is 10.1. The smallest absolute Gasteiger partial charge is 0.434 e. The molecule has 106 valence electrons. The van der Waals surface area contributed by atoms with E-state index in [-0.39, 0.29) is 0 Å². The number of carbonyl (C=O) groups is 1. The zero-order chi connectivity index (χ0) is 14.5. The summed E-state index contributed by atoms with van der Waals surface area (Å²) >= 11 is 1.38. The lowest BCUT2D eigenvalue weighted by Crippen LogP contribution is -2.09. The number of aromatic nitrogens is 1. The van der Waals surface area contributed by atoms with Gasteiger partial charge in [0.15, 0.2) is 0 Å². The summed E-state index contributed by atoms with van der Waals surface area (Å²) < 4.78 is 9.88. The Morgan fingerprint density at radius 3 is 2.85 bits per heavy atom. The standard InChI is InChI=1S/C15H17NO3S/c1-4-18-15(17)19-14-11(3)16-13(20-14)9-12-7-5-6-10(2)8-12/h5-8H,4,9H2,1-3H3. The highest BCUT2D eigenvalue weighted by Crippen LogP contribution is 2.28. The summed E-state index contributed by atoms with van der Waals surface area (Å²) in [5.74, 6) is 0. The van der Waals surface area contributed by atoms with Crippen molar-refractivity contribution in [3.63, 3.8) is 0 Å². The van der Waals surface area contributed by atoms with E-state index >= 15 is 0 Å². The topological polar surface area (TPSA) is 48.4 Å². The molecule has 0 atom stereocenters. The Hall–Kier alpha value is -1.88. The maximum absolute atomic E-state index is 11.3. The molecule has 0 amide bonds. The van der Waals surface area contributed by atoms with Gasteiger partial charge in [-0.1, -0.05) is 41.2 Å². The van der Waals surface area contributed by atoms with Crippen LogP contribution in [-0.4, -0.2) is 17.7 Å². The summed E-state index contributed by atoms with van der Waals surface area (Å²) in [6, 6.07) is 8.28. The van der Waals surface area contributed by atoms with Gasteiger partial charge in [-0.3, -0.25) is 0 Å². The molecule has 20 heavy (non-hydrogen) atoms. The summed E-state index contributed by atoms with van der Waals surface area (Å²) in [5, 5.41) is 1.43. The van der Waals surface area contributed by atoms with Crippen molar-refractivity contribution < 1.29 is 14.3 Å². The Morgan fingerprint density at radius 2 is 2.15 bits per heavy atom. The zero-order valence-electron chi connectivity index (χ0n) is 11.8. The van der Waals surface area contributed by atoms with Crippen molar-refractivity contribution in [3.05, 3.63) is 46.1 Å². The van der Waals surface area contributed by atoms with Gasteiger partial charge >= 0.3 is 6.16 Å². The highest BCUT2D eigenvalue weighted by Gasteiger charge is 2.14. The average Bonchev–Trinajstić information content (AvgIpc) is 2.69. The van der Waals surface area contributed by atoms with Crippen molar-refractivity contribution in [1.29, 1.82) is 0 Å². The maximum atomic E-state index is 11.3. The third-order valence-electron chi connectivity index (χ3n) is 2.67. The number of hydrogen-bond acceptors (Lipinski definition) is 5. The van der Waals surface area contributed by atoms with Crippen LogP contribution in [0.1, 0.15) is 28.8 Å². The van der Waals surface area contributed by atoms with E-state index in [2.05, 4.69) is 30.1 Å². The molecule has 0 N–H and O–H groups in total. The van der Waals surface area contributed by atoms with E-state index in [4.69, 9.17) is 9.47 Å². The summed E-state index contributed by atoms with van der Waals surface area (Å²) in [7, 11) is 0. The zero-order valence-corrected chi connectivity index (χ0v) is 12.6. The highest BCUT2D eigenvalue weighted by molar-refractivity contribution is 7.13. The van der Waals surface area contributed by atoms with Crippen LogP contribution in [0, 0.1) is 13.8 Å². The lowest BCUT2D eigenvalue weighted by Gasteiger charge is -2.01. The normalized spacial score (nSPS) is 10.3. The molecular formula is C15H17NO3S. The van der Waals surface area contributed by atoms with Crippen molar-refractivity contribution >= 4 is 17.5 Å². The molecule has 1 aromatic heterocycles. The van der Waals surface area contributed by atoms with Crippen LogP contribution in [0.5, 0.6) is 5.06 Å². The molecule has 0 radical (unpaired) electrons. The minimum absolute atomic E-state index is 0.298. The molecule has 0 aliphatic heterocycles. The van der Waals surface area contributed by atoms with Crippen LogP contribution in [0.3, 0.4) is 0 Å². The number of rotatable bonds is 4. The molecule has 1 heterocycles. The Bertz CT molecular complexity index is 607. The van der Waals surface area contributed by atoms with Gasteiger partial charge in [0.25, 0.3) is 0 Å². The fourth-order valence-electron chi connectivity index (χ4n) is 1.83. The molecule has 0 unspecified atom stereocenters. The Morgan fingerprint density at radius 1 is 1.35 bits per heavy atom. The van der Waals surface area contributed by atoms with Crippen molar-refractivity contribution in [1.82, 2.24) is 4.98 Å². The molecule has 0 aliphatic rings. The molecule has 0 bridgehead atoms. The third kappa shape index (κ3) is 3.81. The predicted octanol–water partition coefficient (Wildman–Crippen LogP) is 3.89. The number of carbonyl (C=O) groups excluding carboxylic acids is 1. The Balaban J connectivity index is 2.09. The first-order chi connectivity index (χ1) is 9.58. The molecule has 0 saturated carbocycles. The molecule has 0 spiro atoms. The van der Waals surface area contributed by atoms with Crippen molar-refractivity contribution in [2.45, 2.75) is 27.2 Å². The van der Waals surface area contributed by atoms with Crippen LogP contribution in [0.25, 0.3) is 0 Å². The van der Waals surface area contributed by atoms with E-state index in [1.807, 2.05) is 13.0 Å². The third-order valence-corrected chi connectivity index (χ3v) is 3.71. The summed E-state index contributed by atoms with van der Waals surface area (Å²) in [6.45, 7) is 5.92. The Labute approximate surface area is 122 Å². The van der Waals surface area contributed by atoms with Crippen LogP contribution < -0.4 is 4.74 Å². The van der Waals surface area contributed by atoms with Gasteiger partial charge in [0.2, 0.25) is 5.06 Å². The first-order valence-corrected chi connectivity index (χ1v) is 7.26. The van der Waals surface area contributed by atoms with E-state index < -0.39 is 6.16 Å². The Kier molecular flexibility index (Phi) is 4.74. The van der Waals surface area contributed by atoms with E-state index in [1.54, 1.807) is 6.92 Å². The molecule has 0 saturated heterocycles. The fourth-order valence-corrected chi connectivity index (χ4v) is 2.76. The van der Waals surface area contributed by atoms with Crippen LogP contribution >= 0.6 is 11.3 Å². The quantitative estimate of drug-likeness (QED) is 0.802. The number of nitrogens with zero attached hydrogens (tertiary/aromatic N) is 1. The van der Waals surface area contributed by atoms with Crippen LogP contribution in [-0.2, 0) is 11.2 Å². The molecule has 0 aliphatic carbocycles. The number of aryl methyl sites for hydroxylation is 2. The summed E-state index contributed by atoms with van der Waals surface area (Å²) in [5.41, 5.74) is 3.13. The molecule has 2 aromatic rings. The van der Waals surface area contributed by atoms with Gasteiger partial charge in [0, 0.05) is 6.42 Å². The monoisotopic (exact) mass is 291 g/mol. The van der Waals surface area contributed by atoms with Crippen LogP contribution in [0.2, 0.25) is 0 Å². The number of hydrogen-bond donors (Lipinski definition) is 0. The second kappa shape index (κ2) is 6.52. The SMILES string of the molecule is CCOC(=O)Oc1sc(Cc2cccc(C)c2)nc1C. The minimum Gasteiger partial charge on any atom is -0.434 e. The van der Waals surface area contributed by atoms with Gasteiger partial charge in [0.1, 0.15) is 5.01 Å². The molecular weight excluding hydrogens is 274 g/mol. The van der Waals surface area contributed by atoms with E-state index in [0.717, 1.165) is 11.4 Å². The lowest BCUT2D eigenvalue weighted by molar-refractivity contribution is 0.105. The van der Waals surface area contributed by atoms with Gasteiger partial charge in [-0.25, -0.2) is 9.78 Å². The number of benzene rings is 1. The van der Waals surface area contributed by atoms with Crippen LogP contribution in [0.4, 0.5) is 4.79 Å². The van der Waals surface area contributed by atoms with Gasteiger partial charge in [-0.05, 0) is 26.3 Å². The van der Waals surface area contributed by atoms with Gasteiger partial charge in [-0.15, -0.1) is 0 Å². The summed E-state index contributed by atoms with van der Waals surface area (Å²) in [4.78, 5) is 15.7. The van der Waals surface area contributed by atoms with E-state index in [0.29, 0.717) is 17.4 Å². The first kappa shape index (κ1) is 14.5. The van der Waals surface area contributed by atoms with Gasteiger partial charge in [0.05, 0.1) is 12.3 Å². The number of ether oxygens (including phenoxy) is 2. The van der Waals surface area contributed by atoms with E-state index in [9.17, 15) is 4.79 Å². The molecule has 2 rings (SSSR count). The largest absolute Gasteiger partial charge is 0.514 e. The maximum Gasteiger partial charge on any atom is 0.514 e. The first-order valence-electron chi connectivity index (χ1n) is 6.45. The predicted molar refractivity (Wildman–Crippen MR) is 78.5 cm³/mol. The molecule has 5 heteroatoms.